The number of nitrogens with zero attached hydrogens (tertiary/aromatic N) is 3. The molecule has 1 aromatic heterocycles. The summed E-state index contributed by atoms with van der Waals surface area (Å²) in [6, 6.07) is 7.18. The van der Waals surface area contributed by atoms with Gasteiger partial charge in [0.15, 0.2) is 0 Å². The number of carbonyl (C=O) groups is 1. The lowest BCUT2D eigenvalue weighted by Crippen LogP contribution is -2.15. The van der Waals surface area contributed by atoms with Gasteiger partial charge in [-0.2, -0.15) is 4.98 Å². The summed E-state index contributed by atoms with van der Waals surface area (Å²) >= 11 is 0. The van der Waals surface area contributed by atoms with E-state index in [1.807, 2.05) is 19.1 Å². The molecule has 0 aliphatic rings. The molecule has 2 rings (SSSR count). The van der Waals surface area contributed by atoms with Crippen molar-refractivity contribution in [2.45, 2.75) is 6.92 Å². The summed E-state index contributed by atoms with van der Waals surface area (Å²) in [6.07, 6.45) is 1.24. The molecular weight excluding hydrogens is 218 g/mol. The van der Waals surface area contributed by atoms with Crippen LogP contribution in [0.3, 0.4) is 0 Å². The third kappa shape index (κ3) is 2.75. The van der Waals surface area contributed by atoms with Gasteiger partial charge in [-0.1, -0.05) is 17.7 Å². The second-order valence-corrected chi connectivity index (χ2v) is 3.49. The molecule has 6 nitrogen and oxygen atoms in total. The molecule has 0 spiro atoms. The predicted molar refractivity (Wildman–Crippen MR) is 63.4 cm³/mol. The number of aromatic nitrogens is 3. The summed E-state index contributed by atoms with van der Waals surface area (Å²) in [5.41, 5.74) is 7.00. The fraction of sp³-hybridized carbons (Fsp3) is 0.0909. The summed E-state index contributed by atoms with van der Waals surface area (Å²) in [5, 5.41) is 2.54. The van der Waals surface area contributed by atoms with E-state index in [1.54, 1.807) is 12.1 Å². The van der Waals surface area contributed by atoms with Crippen LogP contribution in [0.15, 0.2) is 30.6 Å². The van der Waals surface area contributed by atoms with E-state index in [0.29, 0.717) is 5.56 Å². The molecule has 86 valence electrons. The Bertz CT molecular complexity index is 538. The molecule has 1 heterocycles. The maximum Gasteiger partial charge on any atom is 0.258 e. The van der Waals surface area contributed by atoms with Crippen LogP contribution in [0.5, 0.6) is 0 Å². The monoisotopic (exact) mass is 229 g/mol. The Kier molecular flexibility index (Phi) is 2.95. The highest BCUT2D eigenvalue weighted by atomic mass is 16.1. The Labute approximate surface area is 97.9 Å². The minimum absolute atomic E-state index is 0.0687. The number of anilines is 2. The van der Waals surface area contributed by atoms with Crippen LogP contribution in [0, 0.1) is 6.92 Å². The van der Waals surface area contributed by atoms with Gasteiger partial charge in [-0.3, -0.25) is 10.1 Å². The number of nitrogen functional groups attached to an aromatic ring is 1. The van der Waals surface area contributed by atoms with Crippen LogP contribution in [-0.4, -0.2) is 20.9 Å². The smallest absolute Gasteiger partial charge is 0.258 e. The van der Waals surface area contributed by atoms with Crippen molar-refractivity contribution in [2.24, 2.45) is 0 Å². The quantitative estimate of drug-likeness (QED) is 0.801. The Balaban J connectivity index is 2.14. The maximum absolute atomic E-state index is 11.8. The molecular formula is C11H11N5O. The first-order valence-corrected chi connectivity index (χ1v) is 4.97. The molecule has 6 heteroatoms. The highest BCUT2D eigenvalue weighted by Gasteiger charge is 2.07. The molecule has 2 aromatic rings. The van der Waals surface area contributed by atoms with E-state index in [-0.39, 0.29) is 17.8 Å². The van der Waals surface area contributed by atoms with Gasteiger partial charge in [-0.25, -0.2) is 9.97 Å². The summed E-state index contributed by atoms with van der Waals surface area (Å²) in [5.74, 6) is -0.0714. The molecule has 0 saturated carbocycles. The second-order valence-electron chi connectivity index (χ2n) is 3.49. The first-order valence-electron chi connectivity index (χ1n) is 4.97. The molecule has 1 aromatic carbocycles. The van der Waals surface area contributed by atoms with Crippen LogP contribution >= 0.6 is 0 Å². The molecule has 0 fully saturated rings. The van der Waals surface area contributed by atoms with Crippen LogP contribution < -0.4 is 11.1 Å². The van der Waals surface area contributed by atoms with E-state index >= 15 is 0 Å². The zero-order chi connectivity index (χ0) is 12.3. The summed E-state index contributed by atoms with van der Waals surface area (Å²) < 4.78 is 0. The van der Waals surface area contributed by atoms with Crippen LogP contribution in [-0.2, 0) is 0 Å². The van der Waals surface area contributed by atoms with Crippen molar-refractivity contribution in [1.82, 2.24) is 15.0 Å². The first-order chi connectivity index (χ1) is 8.15. The largest absolute Gasteiger partial charge is 0.368 e. The molecule has 1 amide bonds. The lowest BCUT2D eigenvalue weighted by atomic mass is 10.1. The normalized spacial score (nSPS) is 9.94. The standard InChI is InChI=1S/C11H11N5O/c1-7-2-4-8(5-3-7)9(17)15-11-14-6-13-10(12)16-11/h2-6H,1H3,(H3,12,13,14,15,16,17). The Morgan fingerprint density at radius 1 is 1.24 bits per heavy atom. The minimum atomic E-state index is -0.282. The van der Waals surface area contributed by atoms with Crippen molar-refractivity contribution in [3.63, 3.8) is 0 Å². The molecule has 0 atom stereocenters. The van der Waals surface area contributed by atoms with Crippen molar-refractivity contribution in [3.8, 4) is 0 Å². The number of hydrogen-bond donors (Lipinski definition) is 2. The Morgan fingerprint density at radius 2 is 1.94 bits per heavy atom. The Hall–Kier alpha value is -2.50. The van der Waals surface area contributed by atoms with E-state index in [0.717, 1.165) is 5.56 Å². The van der Waals surface area contributed by atoms with Crippen LogP contribution in [0.25, 0.3) is 0 Å². The van der Waals surface area contributed by atoms with E-state index in [2.05, 4.69) is 20.3 Å². The third-order valence-electron chi connectivity index (χ3n) is 2.13. The van der Waals surface area contributed by atoms with Crippen molar-refractivity contribution >= 4 is 17.8 Å². The van der Waals surface area contributed by atoms with E-state index in [4.69, 9.17) is 5.73 Å². The lowest BCUT2D eigenvalue weighted by Gasteiger charge is -2.03. The number of rotatable bonds is 2. The van der Waals surface area contributed by atoms with Gasteiger partial charge >= 0.3 is 0 Å². The van der Waals surface area contributed by atoms with Gasteiger partial charge in [0.2, 0.25) is 11.9 Å². The number of hydrogen-bond acceptors (Lipinski definition) is 5. The highest BCUT2D eigenvalue weighted by molar-refractivity contribution is 6.03. The molecule has 0 aliphatic carbocycles. The van der Waals surface area contributed by atoms with Gasteiger partial charge < -0.3 is 5.73 Å². The van der Waals surface area contributed by atoms with Gasteiger partial charge in [0, 0.05) is 5.56 Å². The average molecular weight is 229 g/mol. The van der Waals surface area contributed by atoms with E-state index in [1.165, 1.54) is 6.33 Å². The molecule has 17 heavy (non-hydrogen) atoms. The fourth-order valence-electron chi connectivity index (χ4n) is 1.25. The first kappa shape index (κ1) is 11.0. The number of nitrogens with two attached hydrogens (primary N) is 1. The fourth-order valence-corrected chi connectivity index (χ4v) is 1.25. The molecule has 0 saturated heterocycles. The molecule has 0 unspecified atom stereocenters. The van der Waals surface area contributed by atoms with Gasteiger partial charge in [0.05, 0.1) is 0 Å². The third-order valence-corrected chi connectivity index (χ3v) is 2.13. The minimum Gasteiger partial charge on any atom is -0.368 e. The molecule has 0 bridgehead atoms. The zero-order valence-corrected chi connectivity index (χ0v) is 9.21. The van der Waals surface area contributed by atoms with Crippen molar-refractivity contribution < 1.29 is 4.79 Å². The highest BCUT2D eigenvalue weighted by Crippen LogP contribution is 2.06. The van der Waals surface area contributed by atoms with E-state index in [9.17, 15) is 4.79 Å². The average Bonchev–Trinajstić information content (AvgIpc) is 2.29. The van der Waals surface area contributed by atoms with Crippen molar-refractivity contribution in [1.29, 1.82) is 0 Å². The maximum atomic E-state index is 11.8. The number of amides is 1. The van der Waals surface area contributed by atoms with Crippen LogP contribution in [0.1, 0.15) is 15.9 Å². The summed E-state index contributed by atoms with van der Waals surface area (Å²) in [4.78, 5) is 23.0. The number of carbonyl (C=O) groups excluding carboxylic acids is 1. The van der Waals surface area contributed by atoms with Gasteiger partial charge in [0.1, 0.15) is 6.33 Å². The molecule has 0 aliphatic heterocycles. The van der Waals surface area contributed by atoms with Gasteiger partial charge in [0.25, 0.3) is 5.91 Å². The second kappa shape index (κ2) is 4.56. The summed E-state index contributed by atoms with van der Waals surface area (Å²) in [7, 11) is 0. The lowest BCUT2D eigenvalue weighted by molar-refractivity contribution is 0.102. The topological polar surface area (TPSA) is 93.8 Å². The van der Waals surface area contributed by atoms with Crippen LogP contribution in [0.4, 0.5) is 11.9 Å². The van der Waals surface area contributed by atoms with Gasteiger partial charge in [-0.15, -0.1) is 0 Å². The SMILES string of the molecule is Cc1ccc(C(=O)Nc2ncnc(N)n2)cc1. The zero-order valence-electron chi connectivity index (χ0n) is 9.21. The van der Waals surface area contributed by atoms with Gasteiger partial charge in [-0.05, 0) is 19.1 Å². The predicted octanol–water partition coefficient (Wildman–Crippen LogP) is 1.01. The molecule has 0 radical (unpaired) electrons. The van der Waals surface area contributed by atoms with Crippen LogP contribution in [0.2, 0.25) is 0 Å². The number of aryl methyl sites for hydroxylation is 1. The van der Waals surface area contributed by atoms with Crippen molar-refractivity contribution in [2.75, 3.05) is 11.1 Å². The number of benzene rings is 1. The molecule has 3 N–H and O–H groups in total. The van der Waals surface area contributed by atoms with Crippen molar-refractivity contribution in [3.05, 3.63) is 41.7 Å². The van der Waals surface area contributed by atoms with E-state index < -0.39 is 0 Å². The Morgan fingerprint density at radius 3 is 2.59 bits per heavy atom. The summed E-state index contributed by atoms with van der Waals surface area (Å²) in [6.45, 7) is 1.95. The number of nitrogens with one attached hydrogen (secondary N) is 1.